The van der Waals surface area contributed by atoms with Crippen molar-refractivity contribution >= 4 is 5.91 Å². The van der Waals surface area contributed by atoms with E-state index >= 15 is 0 Å². The van der Waals surface area contributed by atoms with E-state index in [2.05, 4.69) is 25.2 Å². The van der Waals surface area contributed by atoms with E-state index in [4.69, 9.17) is 4.74 Å². The molecule has 0 saturated heterocycles. The highest BCUT2D eigenvalue weighted by Gasteiger charge is 2.08. The molecule has 0 spiro atoms. The maximum atomic E-state index is 10.8. The molecule has 0 radical (unpaired) electrons. The molecule has 0 aromatic heterocycles. The molecule has 3 heteroatoms. The molecule has 1 N–H and O–H groups in total. The highest BCUT2D eigenvalue weighted by Crippen LogP contribution is 2.27. The van der Waals surface area contributed by atoms with Gasteiger partial charge >= 0.3 is 0 Å². The van der Waals surface area contributed by atoms with Gasteiger partial charge in [0, 0.05) is 13.5 Å². The summed E-state index contributed by atoms with van der Waals surface area (Å²) in [6.45, 7) is 6.51. The fourth-order valence-corrected chi connectivity index (χ4v) is 1.77. The minimum atomic E-state index is 0.0163. The normalized spacial score (nSPS) is 10.4. The van der Waals surface area contributed by atoms with Gasteiger partial charge in [0.1, 0.15) is 5.75 Å². The predicted molar refractivity (Wildman–Crippen MR) is 69.5 cm³/mol. The molecular weight excluding hydrogens is 214 g/mol. The summed E-state index contributed by atoms with van der Waals surface area (Å²) in [5.74, 6) is 1.39. The molecule has 0 aliphatic carbocycles. The van der Waals surface area contributed by atoms with Crippen LogP contribution in [0.25, 0.3) is 0 Å². The molecule has 0 unspecified atom stereocenters. The van der Waals surface area contributed by atoms with Gasteiger partial charge in [-0.3, -0.25) is 4.79 Å². The number of rotatable bonds is 5. The second kappa shape index (κ2) is 6.28. The van der Waals surface area contributed by atoms with Crippen molar-refractivity contribution in [2.45, 2.75) is 33.1 Å². The molecule has 0 heterocycles. The molecule has 0 bridgehead atoms. The first-order valence-corrected chi connectivity index (χ1v) is 5.96. The average Bonchev–Trinajstić information content (AvgIpc) is 2.28. The van der Waals surface area contributed by atoms with E-state index in [0.29, 0.717) is 12.5 Å². The van der Waals surface area contributed by atoms with Gasteiger partial charge < -0.3 is 10.1 Å². The monoisotopic (exact) mass is 235 g/mol. The number of carbonyl (C=O) groups excluding carboxylic acids is 1. The number of hydrogen-bond donors (Lipinski definition) is 1. The van der Waals surface area contributed by atoms with Crippen molar-refractivity contribution in [3.8, 4) is 5.75 Å². The lowest BCUT2D eigenvalue weighted by Gasteiger charge is -2.13. The summed E-state index contributed by atoms with van der Waals surface area (Å²) < 4.78 is 5.33. The summed E-state index contributed by atoms with van der Waals surface area (Å²) in [6.07, 6.45) is 0.850. The third kappa shape index (κ3) is 4.10. The largest absolute Gasteiger partial charge is 0.496 e. The fourth-order valence-electron chi connectivity index (χ4n) is 1.77. The van der Waals surface area contributed by atoms with Crippen LogP contribution in [0, 0.1) is 0 Å². The smallest absolute Gasteiger partial charge is 0.216 e. The van der Waals surface area contributed by atoms with Crippen molar-refractivity contribution in [1.29, 1.82) is 0 Å². The molecule has 0 atom stereocenters. The van der Waals surface area contributed by atoms with Crippen LogP contribution in [-0.4, -0.2) is 19.6 Å². The highest BCUT2D eigenvalue weighted by atomic mass is 16.5. The number of nitrogens with one attached hydrogen (secondary N) is 1. The Labute approximate surface area is 103 Å². The van der Waals surface area contributed by atoms with E-state index in [0.717, 1.165) is 12.2 Å². The van der Waals surface area contributed by atoms with Gasteiger partial charge in [-0.25, -0.2) is 0 Å². The Morgan fingerprint density at radius 2 is 2.12 bits per heavy atom. The van der Waals surface area contributed by atoms with Crippen molar-refractivity contribution in [3.63, 3.8) is 0 Å². The SMILES string of the molecule is COc1ccc(CCNC(C)=O)cc1C(C)C. The van der Waals surface area contributed by atoms with Crippen LogP contribution in [0.2, 0.25) is 0 Å². The standard InChI is InChI=1S/C14H21NO2/c1-10(2)13-9-12(5-6-14(13)17-4)7-8-15-11(3)16/h5-6,9-10H,7-8H2,1-4H3,(H,15,16). The van der Waals surface area contributed by atoms with Crippen molar-refractivity contribution in [2.75, 3.05) is 13.7 Å². The first-order chi connectivity index (χ1) is 8.04. The van der Waals surface area contributed by atoms with Crippen LogP contribution in [0.5, 0.6) is 5.75 Å². The van der Waals surface area contributed by atoms with E-state index in [-0.39, 0.29) is 5.91 Å². The highest BCUT2D eigenvalue weighted by molar-refractivity contribution is 5.72. The van der Waals surface area contributed by atoms with Gasteiger partial charge in [0.05, 0.1) is 7.11 Å². The Morgan fingerprint density at radius 3 is 2.65 bits per heavy atom. The zero-order valence-corrected chi connectivity index (χ0v) is 11.0. The quantitative estimate of drug-likeness (QED) is 0.851. The molecular formula is C14H21NO2. The van der Waals surface area contributed by atoms with E-state index in [1.165, 1.54) is 18.1 Å². The molecule has 1 aromatic carbocycles. The van der Waals surface area contributed by atoms with E-state index < -0.39 is 0 Å². The Balaban J connectivity index is 2.74. The molecule has 0 saturated carbocycles. The minimum Gasteiger partial charge on any atom is -0.496 e. The fraction of sp³-hybridized carbons (Fsp3) is 0.500. The number of methoxy groups -OCH3 is 1. The molecule has 3 nitrogen and oxygen atoms in total. The van der Waals surface area contributed by atoms with Gasteiger partial charge in [0.2, 0.25) is 5.91 Å². The first kappa shape index (κ1) is 13.6. The second-order valence-electron chi connectivity index (χ2n) is 4.46. The van der Waals surface area contributed by atoms with Gasteiger partial charge in [-0.2, -0.15) is 0 Å². The third-order valence-corrected chi connectivity index (χ3v) is 2.70. The van der Waals surface area contributed by atoms with Gasteiger partial charge in [-0.05, 0) is 29.5 Å². The van der Waals surface area contributed by atoms with Crippen LogP contribution < -0.4 is 10.1 Å². The lowest BCUT2D eigenvalue weighted by atomic mass is 9.98. The summed E-state index contributed by atoms with van der Waals surface area (Å²) in [5.41, 5.74) is 2.44. The average molecular weight is 235 g/mol. The summed E-state index contributed by atoms with van der Waals surface area (Å²) in [6, 6.07) is 6.20. The van der Waals surface area contributed by atoms with Gasteiger partial charge in [0.25, 0.3) is 0 Å². The molecule has 1 rings (SSSR count). The zero-order chi connectivity index (χ0) is 12.8. The minimum absolute atomic E-state index is 0.0163. The van der Waals surface area contributed by atoms with Crippen molar-refractivity contribution in [1.82, 2.24) is 5.32 Å². The van der Waals surface area contributed by atoms with Crippen molar-refractivity contribution in [3.05, 3.63) is 29.3 Å². The number of carbonyl (C=O) groups is 1. The van der Waals surface area contributed by atoms with Crippen LogP contribution >= 0.6 is 0 Å². The number of amides is 1. The molecule has 94 valence electrons. The van der Waals surface area contributed by atoms with Gasteiger partial charge in [-0.15, -0.1) is 0 Å². The summed E-state index contributed by atoms with van der Waals surface area (Å²) in [4.78, 5) is 10.8. The first-order valence-electron chi connectivity index (χ1n) is 5.96. The molecule has 0 fully saturated rings. The topological polar surface area (TPSA) is 38.3 Å². The van der Waals surface area contributed by atoms with Crippen LogP contribution in [0.3, 0.4) is 0 Å². The summed E-state index contributed by atoms with van der Waals surface area (Å²) in [5, 5.41) is 2.80. The van der Waals surface area contributed by atoms with Crippen LogP contribution in [-0.2, 0) is 11.2 Å². The van der Waals surface area contributed by atoms with Crippen molar-refractivity contribution in [2.24, 2.45) is 0 Å². The second-order valence-corrected chi connectivity index (χ2v) is 4.46. The Morgan fingerprint density at radius 1 is 1.41 bits per heavy atom. The molecule has 1 aromatic rings. The van der Waals surface area contributed by atoms with E-state index in [1.807, 2.05) is 12.1 Å². The summed E-state index contributed by atoms with van der Waals surface area (Å²) in [7, 11) is 1.69. The number of benzene rings is 1. The van der Waals surface area contributed by atoms with Gasteiger partial charge in [-0.1, -0.05) is 26.0 Å². The Hall–Kier alpha value is -1.51. The molecule has 0 aliphatic heterocycles. The lowest BCUT2D eigenvalue weighted by Crippen LogP contribution is -2.22. The third-order valence-electron chi connectivity index (χ3n) is 2.70. The van der Waals surface area contributed by atoms with E-state index in [9.17, 15) is 4.79 Å². The lowest BCUT2D eigenvalue weighted by molar-refractivity contribution is -0.118. The van der Waals surface area contributed by atoms with Crippen molar-refractivity contribution < 1.29 is 9.53 Å². The van der Waals surface area contributed by atoms with E-state index in [1.54, 1.807) is 7.11 Å². The van der Waals surface area contributed by atoms with Crippen LogP contribution in [0.1, 0.15) is 37.8 Å². The number of ether oxygens (including phenoxy) is 1. The Kier molecular flexibility index (Phi) is 5.01. The maximum absolute atomic E-state index is 10.8. The maximum Gasteiger partial charge on any atom is 0.216 e. The molecule has 17 heavy (non-hydrogen) atoms. The zero-order valence-electron chi connectivity index (χ0n) is 11.0. The van der Waals surface area contributed by atoms with Crippen LogP contribution in [0.4, 0.5) is 0 Å². The molecule has 0 aliphatic rings. The predicted octanol–water partition coefficient (Wildman–Crippen LogP) is 2.50. The van der Waals surface area contributed by atoms with Gasteiger partial charge in [0.15, 0.2) is 0 Å². The molecule has 1 amide bonds. The Bertz CT molecular complexity index is 386. The van der Waals surface area contributed by atoms with Crippen LogP contribution in [0.15, 0.2) is 18.2 Å². The summed E-state index contributed by atoms with van der Waals surface area (Å²) >= 11 is 0. The number of hydrogen-bond acceptors (Lipinski definition) is 2.